The van der Waals surface area contributed by atoms with Gasteiger partial charge in [0.1, 0.15) is 11.6 Å². The molecule has 1 rings (SSSR count). The fourth-order valence-corrected chi connectivity index (χ4v) is 1.71. The molecule has 0 saturated heterocycles. The highest BCUT2D eigenvalue weighted by Gasteiger charge is 2.11. The summed E-state index contributed by atoms with van der Waals surface area (Å²) < 4.78 is 0. The van der Waals surface area contributed by atoms with Crippen LogP contribution in [0.25, 0.3) is 0 Å². The molecule has 0 bridgehead atoms. The SMILES string of the molecule is Nc1cccc(NCC(O)CN(CCO)CCO)n1. The maximum absolute atomic E-state index is 9.88. The first-order valence-corrected chi connectivity index (χ1v) is 6.24. The summed E-state index contributed by atoms with van der Waals surface area (Å²) in [6, 6.07) is 5.23. The van der Waals surface area contributed by atoms with Crippen LogP contribution in [0.3, 0.4) is 0 Å². The van der Waals surface area contributed by atoms with E-state index in [2.05, 4.69) is 10.3 Å². The van der Waals surface area contributed by atoms with Crippen LogP contribution in [-0.4, -0.2) is 70.7 Å². The Morgan fingerprint density at radius 2 is 1.95 bits per heavy atom. The third-order valence-electron chi connectivity index (χ3n) is 2.59. The molecular formula is C12H22N4O3. The zero-order valence-corrected chi connectivity index (χ0v) is 10.9. The molecular weight excluding hydrogens is 248 g/mol. The molecule has 0 amide bonds. The molecule has 0 fully saturated rings. The summed E-state index contributed by atoms with van der Waals surface area (Å²) in [7, 11) is 0. The van der Waals surface area contributed by atoms with Crippen molar-refractivity contribution in [2.45, 2.75) is 6.10 Å². The lowest BCUT2D eigenvalue weighted by Crippen LogP contribution is -2.39. The summed E-state index contributed by atoms with van der Waals surface area (Å²) in [5, 5.41) is 30.6. The van der Waals surface area contributed by atoms with Crippen molar-refractivity contribution < 1.29 is 15.3 Å². The van der Waals surface area contributed by atoms with Crippen LogP contribution in [0.1, 0.15) is 0 Å². The smallest absolute Gasteiger partial charge is 0.128 e. The molecule has 0 spiro atoms. The Balaban J connectivity index is 2.35. The number of rotatable bonds is 9. The molecule has 0 aliphatic rings. The summed E-state index contributed by atoms with van der Waals surface area (Å²) in [6.45, 7) is 1.54. The van der Waals surface area contributed by atoms with E-state index in [1.807, 2.05) is 0 Å². The molecule has 6 N–H and O–H groups in total. The van der Waals surface area contributed by atoms with E-state index in [4.69, 9.17) is 15.9 Å². The number of nitrogens with zero attached hydrogens (tertiary/aromatic N) is 2. The van der Waals surface area contributed by atoms with Gasteiger partial charge in [-0.15, -0.1) is 0 Å². The summed E-state index contributed by atoms with van der Waals surface area (Å²) in [5.74, 6) is 1.02. The normalized spacial score (nSPS) is 12.6. The Hall–Kier alpha value is -1.41. The molecule has 7 heteroatoms. The highest BCUT2D eigenvalue weighted by atomic mass is 16.3. The first-order valence-electron chi connectivity index (χ1n) is 6.24. The van der Waals surface area contributed by atoms with Gasteiger partial charge < -0.3 is 26.4 Å². The van der Waals surface area contributed by atoms with Crippen LogP contribution in [0, 0.1) is 0 Å². The molecule has 1 unspecified atom stereocenters. The predicted octanol–water partition coefficient (Wildman–Crippen LogP) is -1.28. The fraction of sp³-hybridized carbons (Fsp3) is 0.583. The number of nitrogens with one attached hydrogen (secondary N) is 1. The standard InChI is InChI=1S/C12H22N4O3/c13-11-2-1-3-12(15-11)14-8-10(19)9-16(4-6-17)5-7-18/h1-3,10,17-19H,4-9H2,(H3,13,14,15). The largest absolute Gasteiger partial charge is 0.395 e. The molecule has 0 aliphatic heterocycles. The van der Waals surface area contributed by atoms with Crippen molar-refractivity contribution in [2.24, 2.45) is 0 Å². The number of anilines is 2. The molecule has 0 saturated carbocycles. The number of hydrogen-bond donors (Lipinski definition) is 5. The Kier molecular flexibility index (Phi) is 7.12. The summed E-state index contributed by atoms with van der Waals surface area (Å²) in [6.07, 6.45) is -0.624. The van der Waals surface area contributed by atoms with Crippen molar-refractivity contribution >= 4 is 11.6 Å². The van der Waals surface area contributed by atoms with Gasteiger partial charge >= 0.3 is 0 Å². The Bertz CT molecular complexity index is 359. The number of hydrogen-bond acceptors (Lipinski definition) is 7. The van der Waals surface area contributed by atoms with Gasteiger partial charge in [-0.1, -0.05) is 6.07 Å². The van der Waals surface area contributed by atoms with E-state index < -0.39 is 6.10 Å². The average molecular weight is 270 g/mol. The molecule has 1 aromatic heterocycles. The number of nitrogens with two attached hydrogens (primary N) is 1. The highest BCUT2D eigenvalue weighted by molar-refractivity contribution is 5.42. The topological polar surface area (TPSA) is 115 Å². The second-order valence-corrected chi connectivity index (χ2v) is 4.23. The van der Waals surface area contributed by atoms with Crippen molar-refractivity contribution in [3.63, 3.8) is 0 Å². The van der Waals surface area contributed by atoms with E-state index in [1.54, 1.807) is 23.1 Å². The van der Waals surface area contributed by atoms with Crippen LogP contribution in [-0.2, 0) is 0 Å². The van der Waals surface area contributed by atoms with Gasteiger partial charge in [0.25, 0.3) is 0 Å². The van der Waals surface area contributed by atoms with Crippen molar-refractivity contribution in [1.29, 1.82) is 0 Å². The van der Waals surface area contributed by atoms with Gasteiger partial charge in [0.2, 0.25) is 0 Å². The number of aliphatic hydroxyl groups excluding tert-OH is 3. The van der Waals surface area contributed by atoms with Crippen molar-refractivity contribution in [1.82, 2.24) is 9.88 Å². The molecule has 19 heavy (non-hydrogen) atoms. The van der Waals surface area contributed by atoms with Crippen molar-refractivity contribution in [2.75, 3.05) is 50.4 Å². The van der Waals surface area contributed by atoms with Crippen LogP contribution in [0.5, 0.6) is 0 Å². The number of aromatic nitrogens is 1. The van der Waals surface area contributed by atoms with Crippen LogP contribution in [0.4, 0.5) is 11.6 Å². The molecule has 0 radical (unpaired) electrons. The first-order chi connectivity index (χ1) is 9.15. The predicted molar refractivity (Wildman–Crippen MR) is 73.8 cm³/mol. The summed E-state index contributed by atoms with van der Waals surface area (Å²) in [4.78, 5) is 5.85. The zero-order chi connectivity index (χ0) is 14.1. The number of pyridine rings is 1. The minimum atomic E-state index is -0.624. The van der Waals surface area contributed by atoms with E-state index in [-0.39, 0.29) is 13.2 Å². The Morgan fingerprint density at radius 3 is 2.53 bits per heavy atom. The maximum atomic E-state index is 9.88. The molecule has 1 heterocycles. The molecule has 7 nitrogen and oxygen atoms in total. The lowest BCUT2D eigenvalue weighted by molar-refractivity contribution is 0.0940. The van der Waals surface area contributed by atoms with Crippen LogP contribution in [0.2, 0.25) is 0 Å². The van der Waals surface area contributed by atoms with Crippen LogP contribution < -0.4 is 11.1 Å². The monoisotopic (exact) mass is 270 g/mol. The van der Waals surface area contributed by atoms with Gasteiger partial charge in [-0.2, -0.15) is 0 Å². The van der Waals surface area contributed by atoms with Crippen LogP contribution in [0.15, 0.2) is 18.2 Å². The van der Waals surface area contributed by atoms with Crippen LogP contribution >= 0.6 is 0 Å². The average Bonchev–Trinajstić information content (AvgIpc) is 2.37. The van der Waals surface area contributed by atoms with Crippen molar-refractivity contribution in [3.8, 4) is 0 Å². The Labute approximate surface area is 112 Å². The summed E-state index contributed by atoms with van der Waals surface area (Å²) in [5.41, 5.74) is 5.55. The van der Waals surface area contributed by atoms with E-state index >= 15 is 0 Å². The van der Waals surface area contributed by atoms with Crippen molar-refractivity contribution in [3.05, 3.63) is 18.2 Å². The molecule has 0 aromatic carbocycles. The zero-order valence-electron chi connectivity index (χ0n) is 10.9. The minimum absolute atomic E-state index is 0.00305. The van der Waals surface area contributed by atoms with E-state index in [1.165, 1.54) is 0 Å². The van der Waals surface area contributed by atoms with Gasteiger partial charge in [-0.05, 0) is 12.1 Å². The maximum Gasteiger partial charge on any atom is 0.128 e. The first kappa shape index (κ1) is 15.6. The van der Waals surface area contributed by atoms with Gasteiger partial charge in [-0.3, -0.25) is 4.90 Å². The van der Waals surface area contributed by atoms with Gasteiger partial charge in [0, 0.05) is 26.2 Å². The van der Waals surface area contributed by atoms with E-state index in [9.17, 15) is 5.11 Å². The van der Waals surface area contributed by atoms with E-state index in [0.29, 0.717) is 37.8 Å². The number of aliphatic hydroxyl groups is 3. The lowest BCUT2D eigenvalue weighted by atomic mass is 10.3. The number of nitrogen functional groups attached to an aromatic ring is 1. The Morgan fingerprint density at radius 1 is 1.26 bits per heavy atom. The molecule has 1 aromatic rings. The highest BCUT2D eigenvalue weighted by Crippen LogP contribution is 2.05. The minimum Gasteiger partial charge on any atom is -0.395 e. The summed E-state index contributed by atoms with van der Waals surface area (Å²) >= 11 is 0. The third-order valence-corrected chi connectivity index (χ3v) is 2.59. The molecule has 108 valence electrons. The molecule has 1 atom stereocenters. The van der Waals surface area contributed by atoms with Gasteiger partial charge in [0.05, 0.1) is 19.3 Å². The third kappa shape index (κ3) is 6.35. The second-order valence-electron chi connectivity index (χ2n) is 4.23. The fourth-order valence-electron chi connectivity index (χ4n) is 1.71. The lowest BCUT2D eigenvalue weighted by Gasteiger charge is -2.23. The quantitative estimate of drug-likeness (QED) is 0.380. The van der Waals surface area contributed by atoms with Gasteiger partial charge in [-0.25, -0.2) is 4.98 Å². The second kappa shape index (κ2) is 8.65. The van der Waals surface area contributed by atoms with E-state index in [0.717, 1.165) is 0 Å². The van der Waals surface area contributed by atoms with Gasteiger partial charge in [0.15, 0.2) is 0 Å². The molecule has 0 aliphatic carbocycles.